The van der Waals surface area contributed by atoms with Crippen molar-refractivity contribution in [2.75, 3.05) is 53.4 Å². The summed E-state index contributed by atoms with van der Waals surface area (Å²) in [6.45, 7) is 7.28. The molecule has 0 amide bonds. The van der Waals surface area contributed by atoms with Gasteiger partial charge in [-0.25, -0.2) is 9.59 Å². The van der Waals surface area contributed by atoms with Gasteiger partial charge < -0.3 is 37.9 Å². The van der Waals surface area contributed by atoms with Crippen LogP contribution in [0.25, 0.3) is 0 Å². The van der Waals surface area contributed by atoms with Crippen LogP contribution in [0, 0.1) is 29.6 Å². The van der Waals surface area contributed by atoms with Crippen molar-refractivity contribution in [3.63, 3.8) is 0 Å². The lowest BCUT2D eigenvalue weighted by Crippen LogP contribution is -2.31. The van der Waals surface area contributed by atoms with E-state index in [2.05, 4.69) is 0 Å². The van der Waals surface area contributed by atoms with Gasteiger partial charge in [0.1, 0.15) is 30.3 Å². The Labute approximate surface area is 346 Å². The van der Waals surface area contributed by atoms with Crippen LogP contribution in [0.5, 0.6) is 11.5 Å². The molecule has 14 heteroatoms. The number of carbonyl (C=O) groups excluding carboxylic acids is 6. The normalized spacial score (nSPS) is 19.0. The number of hydrogen-bond donors (Lipinski definition) is 0. The predicted octanol–water partition coefficient (Wildman–Crippen LogP) is 6.87. The standard InChI is InChI=1S/C45H60O14/c1-5-31(6-2)41(47)57-27-25-54-23-22-53-24-26-56-40(46)29-30-8-21-39(38(28-30)45(51)52-4)59-44(50)36-17-19-37(20-18-36)58-43(49)35-15-11-33(12-16-35)32-9-13-34(14-10-32)42(48)55-7-3/h8,17-21,28,31-35H,5-7,9-16,22-27,29H2,1-4H3. The first-order chi connectivity index (χ1) is 28.6. The van der Waals surface area contributed by atoms with E-state index in [1.165, 1.54) is 43.5 Å². The van der Waals surface area contributed by atoms with Crippen LogP contribution >= 0.6 is 0 Å². The van der Waals surface area contributed by atoms with Crippen molar-refractivity contribution in [1.82, 2.24) is 0 Å². The van der Waals surface area contributed by atoms with Gasteiger partial charge in [-0.2, -0.15) is 0 Å². The molecule has 0 unspecified atom stereocenters. The van der Waals surface area contributed by atoms with E-state index in [0.29, 0.717) is 29.8 Å². The van der Waals surface area contributed by atoms with E-state index in [4.69, 9.17) is 37.9 Å². The molecule has 2 aliphatic rings. The molecule has 14 nitrogen and oxygen atoms in total. The lowest BCUT2D eigenvalue weighted by atomic mass is 9.69. The van der Waals surface area contributed by atoms with Crippen LogP contribution in [0.2, 0.25) is 0 Å². The van der Waals surface area contributed by atoms with E-state index in [1.54, 1.807) is 6.07 Å². The summed E-state index contributed by atoms with van der Waals surface area (Å²) in [5, 5.41) is 0. The fourth-order valence-electron chi connectivity index (χ4n) is 7.67. The van der Waals surface area contributed by atoms with Crippen molar-refractivity contribution in [1.29, 1.82) is 0 Å². The molecule has 0 N–H and O–H groups in total. The molecular formula is C45H60O14. The van der Waals surface area contributed by atoms with Crippen molar-refractivity contribution in [3.8, 4) is 11.5 Å². The molecule has 2 saturated carbocycles. The first kappa shape index (κ1) is 46.9. The molecule has 4 rings (SSSR count). The molecule has 59 heavy (non-hydrogen) atoms. The number of benzene rings is 2. The Morgan fingerprint density at radius 3 is 1.73 bits per heavy atom. The predicted molar refractivity (Wildman–Crippen MR) is 214 cm³/mol. The van der Waals surface area contributed by atoms with Gasteiger partial charge in [-0.3, -0.25) is 19.2 Å². The minimum atomic E-state index is -0.763. The third-order valence-corrected chi connectivity index (χ3v) is 11.1. The van der Waals surface area contributed by atoms with Crippen molar-refractivity contribution in [2.24, 2.45) is 29.6 Å². The number of esters is 6. The Bertz CT molecular complexity index is 1670. The highest BCUT2D eigenvalue weighted by Gasteiger charge is 2.35. The number of methoxy groups -OCH3 is 1. The second-order valence-corrected chi connectivity index (χ2v) is 14.9. The van der Waals surface area contributed by atoms with Gasteiger partial charge in [0, 0.05) is 0 Å². The topological polar surface area (TPSA) is 176 Å². The molecule has 2 aromatic rings. The van der Waals surface area contributed by atoms with E-state index in [9.17, 15) is 28.8 Å². The molecule has 0 radical (unpaired) electrons. The molecule has 0 aliphatic heterocycles. The third-order valence-electron chi connectivity index (χ3n) is 11.1. The van der Waals surface area contributed by atoms with Crippen LogP contribution in [0.4, 0.5) is 0 Å². The monoisotopic (exact) mass is 824 g/mol. The van der Waals surface area contributed by atoms with Gasteiger partial charge >= 0.3 is 35.8 Å². The Hall–Kier alpha value is -4.82. The lowest BCUT2D eigenvalue weighted by Gasteiger charge is -2.36. The molecule has 0 heterocycles. The molecule has 0 saturated heterocycles. The van der Waals surface area contributed by atoms with E-state index in [0.717, 1.165) is 64.2 Å². The van der Waals surface area contributed by atoms with Crippen LogP contribution in [-0.4, -0.2) is 89.2 Å². The van der Waals surface area contributed by atoms with Crippen molar-refractivity contribution < 1.29 is 66.7 Å². The molecule has 2 fully saturated rings. The van der Waals surface area contributed by atoms with Crippen LogP contribution < -0.4 is 9.47 Å². The highest BCUT2D eigenvalue weighted by atomic mass is 16.6. The molecular weight excluding hydrogens is 764 g/mol. The molecule has 324 valence electrons. The highest BCUT2D eigenvalue weighted by Crippen LogP contribution is 2.42. The maximum Gasteiger partial charge on any atom is 0.343 e. The summed E-state index contributed by atoms with van der Waals surface area (Å²) in [6, 6.07) is 10.3. The van der Waals surface area contributed by atoms with Crippen molar-refractivity contribution in [3.05, 3.63) is 59.2 Å². The van der Waals surface area contributed by atoms with Gasteiger partial charge in [-0.15, -0.1) is 0 Å². The summed E-state index contributed by atoms with van der Waals surface area (Å²) in [5.74, 6) is -1.57. The van der Waals surface area contributed by atoms with E-state index in [1.807, 2.05) is 20.8 Å². The zero-order valence-corrected chi connectivity index (χ0v) is 34.9. The first-order valence-corrected chi connectivity index (χ1v) is 21.0. The maximum atomic E-state index is 13.1. The number of ether oxygens (including phenoxy) is 8. The maximum absolute atomic E-state index is 13.1. The van der Waals surface area contributed by atoms with E-state index < -0.39 is 17.9 Å². The summed E-state index contributed by atoms with van der Waals surface area (Å²) in [5.41, 5.74) is 0.551. The molecule has 2 aromatic carbocycles. The number of carbonyl (C=O) groups is 6. The van der Waals surface area contributed by atoms with Gasteiger partial charge in [0.05, 0.1) is 69.9 Å². The molecule has 0 spiro atoms. The summed E-state index contributed by atoms with van der Waals surface area (Å²) in [4.78, 5) is 75.2. The molecule has 0 aromatic heterocycles. The summed E-state index contributed by atoms with van der Waals surface area (Å²) < 4.78 is 42.6. The van der Waals surface area contributed by atoms with E-state index in [-0.39, 0.29) is 98.6 Å². The van der Waals surface area contributed by atoms with Crippen LogP contribution in [0.1, 0.15) is 111 Å². The van der Waals surface area contributed by atoms with Crippen molar-refractivity contribution in [2.45, 2.75) is 91.4 Å². The van der Waals surface area contributed by atoms with Gasteiger partial charge in [0.2, 0.25) is 0 Å². The van der Waals surface area contributed by atoms with Crippen LogP contribution in [0.3, 0.4) is 0 Å². The summed E-state index contributed by atoms with van der Waals surface area (Å²) in [7, 11) is 1.19. The van der Waals surface area contributed by atoms with Gasteiger partial charge in [0.25, 0.3) is 0 Å². The Morgan fingerprint density at radius 2 is 1.17 bits per heavy atom. The smallest absolute Gasteiger partial charge is 0.343 e. The number of rotatable bonds is 22. The average Bonchev–Trinajstić information content (AvgIpc) is 3.25. The quantitative estimate of drug-likeness (QED) is 0.0520. The summed E-state index contributed by atoms with van der Waals surface area (Å²) in [6.07, 6.45) is 8.49. The minimum Gasteiger partial charge on any atom is -0.466 e. The Kier molecular flexibility index (Phi) is 19.8. The summed E-state index contributed by atoms with van der Waals surface area (Å²) >= 11 is 0. The fourth-order valence-corrected chi connectivity index (χ4v) is 7.67. The van der Waals surface area contributed by atoms with Gasteiger partial charge in [-0.05, 0) is 125 Å². The molecule has 0 bridgehead atoms. The lowest BCUT2D eigenvalue weighted by molar-refractivity contribution is -0.151. The largest absolute Gasteiger partial charge is 0.466 e. The molecule has 0 atom stereocenters. The van der Waals surface area contributed by atoms with Gasteiger partial charge in [-0.1, -0.05) is 19.9 Å². The second kappa shape index (κ2) is 25.0. The Balaban J connectivity index is 1.15. The Morgan fingerprint density at radius 1 is 0.610 bits per heavy atom. The van der Waals surface area contributed by atoms with Crippen LogP contribution in [0.15, 0.2) is 42.5 Å². The zero-order chi connectivity index (χ0) is 42.6. The minimum absolute atomic E-state index is 0.00694. The highest BCUT2D eigenvalue weighted by molar-refractivity contribution is 5.96. The third kappa shape index (κ3) is 15.1. The zero-order valence-electron chi connectivity index (χ0n) is 34.9. The van der Waals surface area contributed by atoms with E-state index >= 15 is 0 Å². The fraction of sp³-hybridized carbons (Fsp3) is 0.600. The second-order valence-electron chi connectivity index (χ2n) is 14.9. The number of hydrogen-bond acceptors (Lipinski definition) is 14. The SMILES string of the molecule is CCOC(=O)C1CCC(C2CCC(C(=O)Oc3ccc(C(=O)Oc4ccc(CC(=O)OCCOCCOCCOC(=O)C(CC)CC)cc4C(=O)OC)cc3)CC2)CC1. The van der Waals surface area contributed by atoms with Gasteiger partial charge in [0.15, 0.2) is 0 Å². The van der Waals surface area contributed by atoms with Crippen molar-refractivity contribution >= 4 is 35.8 Å². The van der Waals surface area contributed by atoms with Crippen LogP contribution in [-0.2, 0) is 54.0 Å². The first-order valence-electron chi connectivity index (χ1n) is 21.0. The molecule has 2 aliphatic carbocycles. The average molecular weight is 825 g/mol.